The van der Waals surface area contributed by atoms with Crippen molar-refractivity contribution < 1.29 is 17.9 Å². The number of hydrogen-bond donors (Lipinski definition) is 2. The van der Waals surface area contributed by atoms with Gasteiger partial charge in [-0.1, -0.05) is 78.3 Å². The summed E-state index contributed by atoms with van der Waals surface area (Å²) in [6.45, 7) is 5.34. The van der Waals surface area contributed by atoms with Gasteiger partial charge in [0, 0.05) is 61.2 Å². The molecule has 53 heavy (non-hydrogen) atoms. The predicted octanol–water partition coefficient (Wildman–Crippen LogP) is 7.92. The molecule has 0 bridgehead atoms. The highest BCUT2D eigenvalue weighted by Gasteiger charge is 2.24. The molecule has 1 amide bonds. The van der Waals surface area contributed by atoms with E-state index in [1.165, 1.54) is 23.3 Å². The van der Waals surface area contributed by atoms with Crippen molar-refractivity contribution in [1.82, 2.24) is 9.62 Å². The molecule has 2 heterocycles. The molecule has 0 saturated carbocycles. The zero-order valence-corrected chi connectivity index (χ0v) is 30.8. The van der Waals surface area contributed by atoms with Crippen LogP contribution in [0.4, 0.5) is 11.4 Å². The highest BCUT2D eigenvalue weighted by molar-refractivity contribution is 7.90. The Balaban J connectivity index is 1.03. The first kappa shape index (κ1) is 36.0. The van der Waals surface area contributed by atoms with Crippen LogP contribution in [-0.2, 0) is 27.7 Å². The third kappa shape index (κ3) is 9.18. The van der Waals surface area contributed by atoms with Crippen molar-refractivity contribution in [2.75, 3.05) is 49.5 Å². The van der Waals surface area contributed by atoms with Crippen LogP contribution in [0.2, 0.25) is 5.02 Å². The summed E-state index contributed by atoms with van der Waals surface area (Å²) in [6.07, 6.45) is 6.00. The van der Waals surface area contributed by atoms with Crippen LogP contribution < -0.4 is 14.9 Å². The lowest BCUT2D eigenvalue weighted by molar-refractivity contribution is 0.0980. The monoisotopic (exact) mass is 744 g/mol. The molecule has 10 heteroatoms. The summed E-state index contributed by atoms with van der Waals surface area (Å²) < 4.78 is 34.3. The molecule has 0 atom stereocenters. The number of carbonyl (C=O) groups excluding carboxylic acids is 1. The van der Waals surface area contributed by atoms with E-state index in [1.807, 2.05) is 66.7 Å². The van der Waals surface area contributed by atoms with Gasteiger partial charge in [-0.25, -0.2) is 13.1 Å². The van der Waals surface area contributed by atoms with Crippen molar-refractivity contribution in [3.05, 3.63) is 173 Å². The maximum Gasteiger partial charge on any atom is 0.265 e. The van der Waals surface area contributed by atoms with Gasteiger partial charge < -0.3 is 15.0 Å². The molecule has 2 N–H and O–H groups in total. The Morgan fingerprint density at radius 2 is 1.53 bits per heavy atom. The van der Waals surface area contributed by atoms with Crippen LogP contribution in [0, 0.1) is 0 Å². The fourth-order valence-corrected chi connectivity index (χ4v) is 7.76. The van der Waals surface area contributed by atoms with Crippen LogP contribution in [0.5, 0.6) is 0 Å². The second-order valence-corrected chi connectivity index (χ2v) is 15.3. The number of nitrogens with zero attached hydrogens (tertiary/aromatic N) is 2. The van der Waals surface area contributed by atoms with Crippen LogP contribution in [0.25, 0.3) is 11.1 Å². The molecule has 0 radical (unpaired) electrons. The third-order valence-corrected chi connectivity index (χ3v) is 11.2. The van der Waals surface area contributed by atoms with Crippen molar-refractivity contribution >= 4 is 38.9 Å². The third-order valence-electron chi connectivity index (χ3n) is 9.58. The first-order valence-electron chi connectivity index (χ1n) is 17.7. The standard InChI is InChI=1S/C43H41ClN4O4S/c44-37-12-10-34(11-13-37)41-9-5-4-8-35(41)31-47-22-24-48(25-23-47)39-16-19-42(36(29-39)28-32-6-2-1-3-7-32)43(49)46-53(50,51)40-17-14-38(15-18-40)45-30-33-20-26-52-27-21-33/h1-21,26,29,45H,22-25,27-28,30-31H2,(H,46,49). The Labute approximate surface area is 316 Å². The fraction of sp³-hybridized carbons (Fsp3) is 0.186. The first-order valence-corrected chi connectivity index (χ1v) is 19.5. The number of piperazine rings is 1. The van der Waals surface area contributed by atoms with Crippen molar-refractivity contribution in [2.24, 2.45) is 0 Å². The average Bonchev–Trinajstić information content (AvgIpc) is 3.19. The topological polar surface area (TPSA) is 91.0 Å². The number of benzene rings is 5. The van der Waals surface area contributed by atoms with Gasteiger partial charge in [-0.3, -0.25) is 9.69 Å². The van der Waals surface area contributed by atoms with Crippen LogP contribution in [0.1, 0.15) is 27.0 Å². The lowest BCUT2D eigenvalue weighted by Crippen LogP contribution is -2.46. The number of nitrogens with one attached hydrogen (secondary N) is 2. The number of halogens is 1. The zero-order valence-electron chi connectivity index (χ0n) is 29.2. The Kier molecular flexibility index (Phi) is 11.2. The summed E-state index contributed by atoms with van der Waals surface area (Å²) in [5.41, 5.74) is 8.59. The van der Waals surface area contributed by atoms with Gasteiger partial charge in [0.1, 0.15) is 6.61 Å². The van der Waals surface area contributed by atoms with Gasteiger partial charge in [0.2, 0.25) is 0 Å². The fourth-order valence-electron chi connectivity index (χ4n) is 6.67. The average molecular weight is 745 g/mol. The molecular weight excluding hydrogens is 704 g/mol. The Morgan fingerprint density at radius 1 is 0.792 bits per heavy atom. The maximum atomic E-state index is 13.7. The first-order chi connectivity index (χ1) is 25.8. The predicted molar refractivity (Wildman–Crippen MR) is 213 cm³/mol. The molecule has 0 spiro atoms. The molecule has 1 saturated heterocycles. The zero-order chi connectivity index (χ0) is 36.6. The van der Waals surface area contributed by atoms with Gasteiger partial charge >= 0.3 is 0 Å². The van der Waals surface area contributed by atoms with Gasteiger partial charge in [-0.2, -0.15) is 0 Å². The van der Waals surface area contributed by atoms with E-state index in [0.29, 0.717) is 25.1 Å². The molecular formula is C43H41ClN4O4S. The minimum Gasteiger partial charge on any atom is -0.497 e. The van der Waals surface area contributed by atoms with Crippen LogP contribution in [-0.4, -0.2) is 58.6 Å². The van der Waals surface area contributed by atoms with Crippen LogP contribution >= 0.6 is 11.6 Å². The van der Waals surface area contributed by atoms with Crippen molar-refractivity contribution in [3.63, 3.8) is 0 Å². The molecule has 1 fully saturated rings. The number of carbonyl (C=O) groups is 1. The van der Waals surface area contributed by atoms with E-state index in [-0.39, 0.29) is 4.90 Å². The Morgan fingerprint density at radius 3 is 2.26 bits per heavy atom. The molecule has 0 unspecified atom stereocenters. The van der Waals surface area contributed by atoms with Gasteiger partial charge in [0.25, 0.3) is 15.9 Å². The van der Waals surface area contributed by atoms with Crippen molar-refractivity contribution in [2.45, 2.75) is 17.9 Å². The molecule has 0 aromatic heterocycles. The van der Waals surface area contributed by atoms with E-state index < -0.39 is 15.9 Å². The Hall–Kier alpha value is -5.35. The summed E-state index contributed by atoms with van der Waals surface area (Å²) in [5.74, 6) is -0.660. The van der Waals surface area contributed by atoms with E-state index in [4.69, 9.17) is 16.3 Å². The number of rotatable bonds is 12. The minimum absolute atomic E-state index is 0.0106. The van der Waals surface area contributed by atoms with Crippen LogP contribution in [0.15, 0.2) is 150 Å². The lowest BCUT2D eigenvalue weighted by atomic mass is 9.98. The molecule has 7 rings (SSSR count). The SMILES string of the molecule is O=C(NS(=O)(=O)c1ccc(NCC2=CCOC=C2)cc1)c1ccc(N2CCN(Cc3ccccc3-c3ccc(Cl)cc3)CC2)cc1Cc1ccccc1. The van der Waals surface area contributed by atoms with Crippen molar-refractivity contribution in [3.8, 4) is 11.1 Å². The number of sulfonamides is 1. The second kappa shape index (κ2) is 16.5. The highest BCUT2D eigenvalue weighted by atomic mass is 35.5. The number of ether oxygens (including phenoxy) is 1. The van der Waals surface area contributed by atoms with Gasteiger partial charge in [0.15, 0.2) is 0 Å². The summed E-state index contributed by atoms with van der Waals surface area (Å²) >= 11 is 6.15. The van der Waals surface area contributed by atoms with E-state index in [2.05, 4.69) is 56.2 Å². The number of anilines is 2. The summed E-state index contributed by atoms with van der Waals surface area (Å²) in [6, 6.07) is 38.5. The molecule has 2 aliphatic heterocycles. The number of amides is 1. The minimum atomic E-state index is -4.12. The van der Waals surface area contributed by atoms with E-state index in [9.17, 15) is 13.2 Å². The smallest absolute Gasteiger partial charge is 0.265 e. The summed E-state index contributed by atoms with van der Waals surface area (Å²) in [5, 5.41) is 4.00. The van der Waals surface area contributed by atoms with E-state index >= 15 is 0 Å². The molecule has 270 valence electrons. The molecule has 2 aliphatic rings. The van der Waals surface area contributed by atoms with Gasteiger partial charge in [-0.15, -0.1) is 0 Å². The van der Waals surface area contributed by atoms with Crippen molar-refractivity contribution in [1.29, 1.82) is 0 Å². The van der Waals surface area contributed by atoms with E-state index in [0.717, 1.165) is 71.4 Å². The molecule has 5 aromatic rings. The normalized spacial score (nSPS) is 14.7. The highest BCUT2D eigenvalue weighted by Crippen LogP contribution is 2.28. The largest absolute Gasteiger partial charge is 0.497 e. The molecule has 8 nitrogen and oxygen atoms in total. The van der Waals surface area contributed by atoms with Gasteiger partial charge in [-0.05, 0) is 107 Å². The second-order valence-electron chi connectivity index (χ2n) is 13.2. The molecule has 5 aromatic carbocycles. The van der Waals surface area contributed by atoms with E-state index in [1.54, 1.807) is 24.5 Å². The Bertz CT molecular complexity index is 2220. The van der Waals surface area contributed by atoms with Gasteiger partial charge in [0.05, 0.1) is 11.2 Å². The summed E-state index contributed by atoms with van der Waals surface area (Å²) in [4.78, 5) is 18.5. The molecule has 0 aliphatic carbocycles. The quantitative estimate of drug-likeness (QED) is 0.134. The van der Waals surface area contributed by atoms with Crippen LogP contribution in [0.3, 0.4) is 0 Å². The number of hydrogen-bond acceptors (Lipinski definition) is 7. The maximum absolute atomic E-state index is 13.7. The lowest BCUT2D eigenvalue weighted by Gasteiger charge is -2.36. The summed E-state index contributed by atoms with van der Waals surface area (Å²) in [7, 11) is -4.12.